The average Bonchev–Trinajstić information content (AvgIpc) is 3.63. The minimum absolute atomic E-state index is 0.00634. The summed E-state index contributed by atoms with van der Waals surface area (Å²) in [6.45, 7) is 1.54. The zero-order valence-corrected chi connectivity index (χ0v) is 18.4. The smallest absolute Gasteiger partial charge is 0.234 e. The molecule has 2 heterocycles. The Bertz CT molecular complexity index is 902. The Morgan fingerprint density at radius 1 is 1.13 bits per heavy atom. The second kappa shape index (κ2) is 10.00. The Morgan fingerprint density at radius 2 is 1.94 bits per heavy atom. The van der Waals surface area contributed by atoms with Crippen LogP contribution in [-0.2, 0) is 9.59 Å². The van der Waals surface area contributed by atoms with Crippen LogP contribution in [0.15, 0.2) is 41.4 Å². The molecule has 2 amide bonds. The highest BCUT2D eigenvalue weighted by Crippen LogP contribution is 2.25. The zero-order chi connectivity index (χ0) is 21.6. The molecular weight excluding hydrogens is 414 g/mol. The number of anilines is 2. The van der Waals surface area contributed by atoms with Gasteiger partial charge in [0, 0.05) is 24.8 Å². The standard InChI is InChI=1S/C22H27N5O3S/c1-30-18-8-6-16(7-9-18)23-20(28)14-31-21-11-10-19(25-26-21)27-12-2-3-15(13-27)22(29)24-17-4-5-17/h6-11,15,17H,2-5,12-14H2,1H3,(H,23,28)(H,24,29)/t15-/m1/s1. The lowest BCUT2D eigenvalue weighted by Crippen LogP contribution is -2.44. The van der Waals surface area contributed by atoms with E-state index in [1.54, 1.807) is 31.4 Å². The van der Waals surface area contributed by atoms with Crippen molar-refractivity contribution in [3.63, 3.8) is 0 Å². The first-order chi connectivity index (χ1) is 15.1. The van der Waals surface area contributed by atoms with Crippen LogP contribution >= 0.6 is 11.8 Å². The molecule has 1 saturated carbocycles. The fourth-order valence-corrected chi connectivity index (χ4v) is 4.13. The van der Waals surface area contributed by atoms with Crippen LogP contribution < -0.4 is 20.3 Å². The van der Waals surface area contributed by atoms with Crippen molar-refractivity contribution >= 4 is 35.1 Å². The first-order valence-corrected chi connectivity index (χ1v) is 11.5. The lowest BCUT2D eigenvalue weighted by atomic mass is 9.97. The molecule has 164 valence electrons. The summed E-state index contributed by atoms with van der Waals surface area (Å²) in [5.74, 6) is 1.82. The first-order valence-electron chi connectivity index (χ1n) is 10.6. The molecule has 4 rings (SSSR count). The fourth-order valence-electron chi connectivity index (χ4n) is 3.52. The minimum Gasteiger partial charge on any atom is -0.497 e. The molecule has 1 saturated heterocycles. The summed E-state index contributed by atoms with van der Waals surface area (Å²) in [6.07, 6.45) is 4.09. The summed E-state index contributed by atoms with van der Waals surface area (Å²) in [5, 5.41) is 15.2. The Hall–Kier alpha value is -2.81. The summed E-state index contributed by atoms with van der Waals surface area (Å²) in [7, 11) is 1.60. The van der Waals surface area contributed by atoms with E-state index in [9.17, 15) is 9.59 Å². The van der Waals surface area contributed by atoms with Gasteiger partial charge in [-0.2, -0.15) is 0 Å². The summed E-state index contributed by atoms with van der Waals surface area (Å²) in [4.78, 5) is 26.7. The van der Waals surface area contributed by atoms with Gasteiger partial charge in [0.15, 0.2) is 5.82 Å². The number of benzene rings is 1. The Kier molecular flexibility index (Phi) is 6.91. The highest BCUT2D eigenvalue weighted by Gasteiger charge is 2.30. The van der Waals surface area contributed by atoms with Gasteiger partial charge in [-0.1, -0.05) is 11.8 Å². The van der Waals surface area contributed by atoms with E-state index in [0.717, 1.165) is 49.5 Å². The summed E-state index contributed by atoms with van der Waals surface area (Å²) in [6, 6.07) is 11.4. The van der Waals surface area contributed by atoms with Crippen LogP contribution in [0.25, 0.3) is 0 Å². The van der Waals surface area contributed by atoms with Crippen LogP contribution in [0, 0.1) is 5.92 Å². The number of hydrogen-bond donors (Lipinski definition) is 2. The van der Waals surface area contributed by atoms with Crippen molar-refractivity contribution in [1.82, 2.24) is 15.5 Å². The number of carbonyl (C=O) groups excluding carboxylic acids is 2. The van der Waals surface area contributed by atoms with Crippen molar-refractivity contribution in [2.24, 2.45) is 5.92 Å². The summed E-state index contributed by atoms with van der Waals surface area (Å²) < 4.78 is 5.11. The molecule has 1 aliphatic carbocycles. The molecule has 1 aliphatic heterocycles. The molecule has 2 aliphatic rings. The number of methoxy groups -OCH3 is 1. The van der Waals surface area contributed by atoms with Crippen molar-refractivity contribution in [2.75, 3.05) is 36.2 Å². The van der Waals surface area contributed by atoms with E-state index in [1.165, 1.54) is 11.8 Å². The lowest BCUT2D eigenvalue weighted by molar-refractivity contribution is -0.125. The van der Waals surface area contributed by atoms with Crippen LogP contribution in [0.5, 0.6) is 5.75 Å². The number of aromatic nitrogens is 2. The van der Waals surface area contributed by atoms with E-state index in [-0.39, 0.29) is 23.5 Å². The van der Waals surface area contributed by atoms with Crippen molar-refractivity contribution in [3.05, 3.63) is 36.4 Å². The highest BCUT2D eigenvalue weighted by molar-refractivity contribution is 7.99. The largest absolute Gasteiger partial charge is 0.497 e. The maximum atomic E-state index is 12.4. The number of rotatable bonds is 8. The first kappa shape index (κ1) is 21.4. The molecule has 0 bridgehead atoms. The number of hydrogen-bond acceptors (Lipinski definition) is 7. The van der Waals surface area contributed by atoms with E-state index in [4.69, 9.17) is 4.74 Å². The third-order valence-corrected chi connectivity index (χ3v) is 6.31. The van der Waals surface area contributed by atoms with Crippen molar-refractivity contribution in [1.29, 1.82) is 0 Å². The van der Waals surface area contributed by atoms with E-state index in [2.05, 4.69) is 25.7 Å². The third kappa shape index (κ3) is 6.10. The second-order valence-electron chi connectivity index (χ2n) is 7.86. The molecule has 9 heteroatoms. The van der Waals surface area contributed by atoms with Crippen molar-refractivity contribution in [3.8, 4) is 5.75 Å². The number of nitrogens with one attached hydrogen (secondary N) is 2. The van der Waals surface area contributed by atoms with Gasteiger partial charge in [0.2, 0.25) is 11.8 Å². The molecule has 0 unspecified atom stereocenters. The predicted molar refractivity (Wildman–Crippen MR) is 120 cm³/mol. The van der Waals surface area contributed by atoms with Gasteiger partial charge < -0.3 is 20.3 Å². The highest BCUT2D eigenvalue weighted by atomic mass is 32.2. The van der Waals surface area contributed by atoms with E-state index in [0.29, 0.717) is 17.6 Å². The Labute approximate surface area is 186 Å². The summed E-state index contributed by atoms with van der Waals surface area (Å²) in [5.41, 5.74) is 0.721. The van der Waals surface area contributed by atoms with E-state index < -0.39 is 0 Å². The quantitative estimate of drug-likeness (QED) is 0.608. The van der Waals surface area contributed by atoms with Crippen LogP contribution in [0.1, 0.15) is 25.7 Å². The van der Waals surface area contributed by atoms with Gasteiger partial charge >= 0.3 is 0 Å². The number of thioether (sulfide) groups is 1. The molecule has 0 radical (unpaired) electrons. The summed E-state index contributed by atoms with van der Waals surface area (Å²) >= 11 is 1.34. The number of nitrogens with zero attached hydrogens (tertiary/aromatic N) is 3. The van der Waals surface area contributed by atoms with Crippen LogP contribution in [-0.4, -0.2) is 54.0 Å². The van der Waals surface area contributed by atoms with Gasteiger partial charge in [-0.05, 0) is 62.1 Å². The van der Waals surface area contributed by atoms with Gasteiger partial charge in [0.05, 0.1) is 18.8 Å². The third-order valence-electron chi connectivity index (χ3n) is 5.39. The van der Waals surface area contributed by atoms with Gasteiger partial charge in [-0.25, -0.2) is 0 Å². The lowest BCUT2D eigenvalue weighted by Gasteiger charge is -2.32. The van der Waals surface area contributed by atoms with Crippen LogP contribution in [0.2, 0.25) is 0 Å². The second-order valence-corrected chi connectivity index (χ2v) is 8.86. The molecule has 1 aromatic carbocycles. The molecule has 1 aromatic heterocycles. The SMILES string of the molecule is COc1ccc(NC(=O)CSc2ccc(N3CCC[C@@H](C(=O)NC4CC4)C3)nn2)cc1. The van der Waals surface area contributed by atoms with Gasteiger partial charge in [-0.3, -0.25) is 9.59 Å². The van der Waals surface area contributed by atoms with Crippen molar-refractivity contribution < 1.29 is 14.3 Å². The number of amides is 2. The van der Waals surface area contributed by atoms with E-state index in [1.807, 2.05) is 12.1 Å². The molecule has 1 atom stereocenters. The number of piperidine rings is 1. The van der Waals surface area contributed by atoms with Crippen molar-refractivity contribution in [2.45, 2.75) is 36.8 Å². The molecule has 8 nitrogen and oxygen atoms in total. The molecular formula is C22H27N5O3S. The maximum absolute atomic E-state index is 12.4. The topological polar surface area (TPSA) is 96.5 Å². The van der Waals surface area contributed by atoms with Gasteiger partial charge in [0.25, 0.3) is 0 Å². The molecule has 0 spiro atoms. The maximum Gasteiger partial charge on any atom is 0.234 e. The molecule has 2 N–H and O–H groups in total. The Balaban J connectivity index is 1.25. The predicted octanol–water partition coefficient (Wildman–Crippen LogP) is 2.71. The normalized spacial score (nSPS) is 18.4. The number of carbonyl (C=O) groups is 2. The van der Waals surface area contributed by atoms with Gasteiger partial charge in [-0.15, -0.1) is 10.2 Å². The van der Waals surface area contributed by atoms with E-state index >= 15 is 0 Å². The van der Waals surface area contributed by atoms with Gasteiger partial charge in [0.1, 0.15) is 10.8 Å². The number of ether oxygens (including phenoxy) is 1. The molecule has 2 aromatic rings. The molecule has 2 fully saturated rings. The molecule has 31 heavy (non-hydrogen) atoms. The zero-order valence-electron chi connectivity index (χ0n) is 17.5. The average molecular weight is 442 g/mol. The fraction of sp³-hybridized carbons (Fsp3) is 0.455. The Morgan fingerprint density at radius 3 is 2.61 bits per heavy atom. The minimum atomic E-state index is -0.110. The monoisotopic (exact) mass is 441 g/mol. The van der Waals surface area contributed by atoms with Crippen LogP contribution in [0.3, 0.4) is 0 Å². The van der Waals surface area contributed by atoms with Crippen LogP contribution in [0.4, 0.5) is 11.5 Å².